The highest BCUT2D eigenvalue weighted by Gasteiger charge is 2.31. The Morgan fingerprint density at radius 2 is 1.95 bits per heavy atom. The summed E-state index contributed by atoms with van der Waals surface area (Å²) in [6.45, 7) is 1.09. The third kappa shape index (κ3) is 2.82. The van der Waals surface area contributed by atoms with Crippen LogP contribution in [-0.4, -0.2) is 24.1 Å². The van der Waals surface area contributed by atoms with Gasteiger partial charge in [-0.1, -0.05) is 23.5 Å². The minimum atomic E-state index is -0.484. The first-order valence-corrected chi connectivity index (χ1v) is 8.08. The van der Waals surface area contributed by atoms with Crippen molar-refractivity contribution in [3.05, 3.63) is 44.4 Å². The molecule has 0 bridgehead atoms. The number of hydrogen-bond acceptors (Lipinski definition) is 7. The number of fused-ring (bicyclic) bond motifs is 1. The normalized spacial score (nSPS) is 17.1. The molecule has 0 spiro atoms. The van der Waals surface area contributed by atoms with Gasteiger partial charge in [0.25, 0.3) is 0 Å². The average Bonchev–Trinajstić information content (AvgIpc) is 2.95. The fourth-order valence-corrected chi connectivity index (χ4v) is 3.95. The molecule has 2 aliphatic heterocycles. The van der Waals surface area contributed by atoms with Gasteiger partial charge in [0.1, 0.15) is 11.5 Å². The Kier molecular flexibility index (Phi) is 4.08. The van der Waals surface area contributed by atoms with Gasteiger partial charge in [-0.2, -0.15) is 0 Å². The molecule has 0 aromatic heterocycles. The molecule has 112 valence electrons. The van der Waals surface area contributed by atoms with E-state index in [2.05, 4.69) is 0 Å². The summed E-state index contributed by atoms with van der Waals surface area (Å²) in [6.07, 6.45) is 0. The number of thioether (sulfide) groups is 2. The van der Waals surface area contributed by atoms with Crippen LogP contribution >= 0.6 is 23.5 Å². The lowest BCUT2D eigenvalue weighted by molar-refractivity contribution is -0.131. The van der Waals surface area contributed by atoms with Crippen LogP contribution in [0, 0.1) is 0 Å². The van der Waals surface area contributed by atoms with Gasteiger partial charge in [-0.25, -0.2) is 0 Å². The number of benzene rings is 1. The summed E-state index contributed by atoms with van der Waals surface area (Å²) in [6, 6.07) is 4.48. The molecule has 2 aliphatic rings. The highest BCUT2D eigenvalue weighted by molar-refractivity contribution is 8.27. The predicted molar refractivity (Wildman–Crippen MR) is 83.9 cm³/mol. The van der Waals surface area contributed by atoms with E-state index in [1.165, 1.54) is 48.6 Å². The molecule has 0 atom stereocenters. The lowest BCUT2D eigenvalue weighted by atomic mass is 10.0. The van der Waals surface area contributed by atoms with E-state index >= 15 is 0 Å². The number of esters is 1. The molecule has 22 heavy (non-hydrogen) atoms. The van der Waals surface area contributed by atoms with Crippen LogP contribution in [0.25, 0.3) is 0 Å². The maximum Gasteiger partial charge on any atom is 0.308 e. The van der Waals surface area contributed by atoms with Gasteiger partial charge in [0.2, 0.25) is 11.6 Å². The van der Waals surface area contributed by atoms with Crippen LogP contribution < -0.4 is 9.47 Å². The fraction of sp³-hybridized carbons (Fsp3) is 0.133. The number of rotatable bonds is 1. The number of ether oxygens (including phenoxy) is 2. The van der Waals surface area contributed by atoms with E-state index < -0.39 is 11.8 Å². The second-order valence-corrected chi connectivity index (χ2v) is 6.55. The lowest BCUT2D eigenvalue weighted by Gasteiger charge is -2.08. The third-order valence-corrected chi connectivity index (χ3v) is 5.06. The molecule has 0 N–H and O–H groups in total. The molecule has 1 aromatic rings. The third-order valence-electron chi connectivity index (χ3n) is 2.93. The van der Waals surface area contributed by atoms with E-state index in [-0.39, 0.29) is 29.3 Å². The van der Waals surface area contributed by atoms with Crippen LogP contribution in [-0.2, 0) is 9.59 Å². The highest BCUT2D eigenvalue weighted by Crippen LogP contribution is 2.42. The summed E-state index contributed by atoms with van der Waals surface area (Å²) >= 11 is 2.67. The molecule has 0 aliphatic carbocycles. The molecular formula is C15H10O5S2. The number of carbonyl (C=O) groups excluding carboxylic acids is 3. The molecule has 0 saturated carbocycles. The monoisotopic (exact) mass is 334 g/mol. The van der Waals surface area contributed by atoms with Crippen LogP contribution in [0.1, 0.15) is 17.3 Å². The Balaban J connectivity index is 2.07. The molecule has 0 saturated heterocycles. The maximum absolute atomic E-state index is 12.7. The van der Waals surface area contributed by atoms with Crippen LogP contribution in [0.2, 0.25) is 0 Å². The van der Waals surface area contributed by atoms with Crippen LogP contribution in [0.5, 0.6) is 11.5 Å². The molecule has 7 heteroatoms. The van der Waals surface area contributed by atoms with Crippen LogP contribution in [0.4, 0.5) is 0 Å². The summed E-state index contributed by atoms with van der Waals surface area (Å²) in [4.78, 5) is 36.0. The van der Waals surface area contributed by atoms with Crippen molar-refractivity contribution in [2.45, 2.75) is 6.92 Å². The van der Waals surface area contributed by atoms with Crippen molar-refractivity contribution in [3.63, 3.8) is 0 Å². The van der Waals surface area contributed by atoms with Gasteiger partial charge in [-0.3, -0.25) is 14.4 Å². The topological polar surface area (TPSA) is 69.7 Å². The molecule has 1 aromatic carbocycles. The molecule has 0 fully saturated rings. The Hall–Kier alpha value is -1.99. The van der Waals surface area contributed by atoms with E-state index in [1.807, 2.05) is 10.8 Å². The van der Waals surface area contributed by atoms with Crippen LogP contribution in [0.15, 0.2) is 38.8 Å². The zero-order valence-corrected chi connectivity index (χ0v) is 13.1. The van der Waals surface area contributed by atoms with E-state index in [9.17, 15) is 14.4 Å². The second kappa shape index (κ2) is 6.02. The first-order valence-electron chi connectivity index (χ1n) is 6.32. The Labute approximate surface area is 134 Å². The van der Waals surface area contributed by atoms with Gasteiger partial charge in [-0.15, -0.1) is 0 Å². The van der Waals surface area contributed by atoms with E-state index in [4.69, 9.17) is 9.47 Å². The van der Waals surface area contributed by atoms with E-state index in [0.29, 0.717) is 9.99 Å². The Morgan fingerprint density at radius 1 is 1.23 bits per heavy atom. The fourth-order valence-electron chi connectivity index (χ4n) is 2.05. The zero-order valence-electron chi connectivity index (χ0n) is 11.5. The molecule has 0 amide bonds. The van der Waals surface area contributed by atoms with E-state index in [1.54, 1.807) is 0 Å². The lowest BCUT2D eigenvalue weighted by Crippen LogP contribution is -2.16. The first-order chi connectivity index (χ1) is 10.6. The van der Waals surface area contributed by atoms with Crippen molar-refractivity contribution >= 4 is 41.1 Å². The SMILES string of the molecule is CC(=O)Oc1ccc2c(c1)C(=O)C(=C1SC=CS1)C(=O)CO2. The van der Waals surface area contributed by atoms with Gasteiger partial charge in [0, 0.05) is 6.92 Å². The van der Waals surface area contributed by atoms with Crippen LogP contribution in [0.3, 0.4) is 0 Å². The van der Waals surface area contributed by atoms with Crippen molar-refractivity contribution in [3.8, 4) is 11.5 Å². The summed E-state index contributed by atoms with van der Waals surface area (Å²) in [5.74, 6) is -0.695. The van der Waals surface area contributed by atoms with Gasteiger partial charge in [0.15, 0.2) is 6.61 Å². The van der Waals surface area contributed by atoms with Gasteiger partial charge >= 0.3 is 5.97 Å². The number of Topliss-reactive ketones (excluding diaryl/α,β-unsaturated/α-hetero) is 2. The first kappa shape index (κ1) is 14.9. The maximum atomic E-state index is 12.7. The molecule has 5 nitrogen and oxygen atoms in total. The molecule has 2 heterocycles. The number of carbonyl (C=O) groups is 3. The van der Waals surface area contributed by atoms with Crippen molar-refractivity contribution in [1.82, 2.24) is 0 Å². The Bertz CT molecular complexity index is 738. The predicted octanol–water partition coefficient (Wildman–Crippen LogP) is 2.92. The minimum Gasteiger partial charge on any atom is -0.485 e. The number of hydrogen-bond donors (Lipinski definition) is 0. The van der Waals surface area contributed by atoms with Gasteiger partial charge in [0.05, 0.1) is 15.4 Å². The van der Waals surface area contributed by atoms with E-state index in [0.717, 1.165) is 0 Å². The van der Waals surface area contributed by atoms with Crippen molar-refractivity contribution in [1.29, 1.82) is 0 Å². The second-order valence-electron chi connectivity index (χ2n) is 4.46. The van der Waals surface area contributed by atoms with Gasteiger partial charge < -0.3 is 9.47 Å². The average molecular weight is 334 g/mol. The summed E-state index contributed by atoms with van der Waals surface area (Å²) in [5.41, 5.74) is 0.346. The van der Waals surface area contributed by atoms with Crippen molar-refractivity contribution in [2.24, 2.45) is 0 Å². The standard InChI is InChI=1S/C15H10O5S2/c1-8(16)20-9-2-3-12-10(6-9)14(18)13(11(17)7-19-12)15-21-4-5-22-15/h2-6H,7H2,1H3. The smallest absolute Gasteiger partial charge is 0.308 e. The molecule has 0 radical (unpaired) electrons. The van der Waals surface area contributed by atoms with Crippen molar-refractivity contribution < 1.29 is 23.9 Å². The summed E-state index contributed by atoms with van der Waals surface area (Å²) in [5, 5.41) is 3.63. The number of ketones is 2. The quantitative estimate of drug-likeness (QED) is 0.338. The van der Waals surface area contributed by atoms with Crippen molar-refractivity contribution in [2.75, 3.05) is 6.61 Å². The highest BCUT2D eigenvalue weighted by atomic mass is 32.2. The summed E-state index contributed by atoms with van der Waals surface area (Å²) in [7, 11) is 0. The summed E-state index contributed by atoms with van der Waals surface area (Å²) < 4.78 is 11.0. The molecule has 0 unspecified atom stereocenters. The Morgan fingerprint density at radius 3 is 2.64 bits per heavy atom. The molecular weight excluding hydrogens is 324 g/mol. The molecule has 3 rings (SSSR count). The van der Waals surface area contributed by atoms with Gasteiger partial charge in [-0.05, 0) is 29.0 Å². The largest absolute Gasteiger partial charge is 0.485 e. The zero-order chi connectivity index (χ0) is 15.7. The minimum absolute atomic E-state index is 0.124.